The van der Waals surface area contributed by atoms with E-state index in [1.54, 1.807) is 13.3 Å². The number of aromatic amines is 1. The Hall–Kier alpha value is -3.45. The number of benzene rings is 1. The highest BCUT2D eigenvalue weighted by Crippen LogP contribution is 2.28. The first-order chi connectivity index (χ1) is 15.2. The van der Waals surface area contributed by atoms with Crippen molar-refractivity contribution in [3.63, 3.8) is 0 Å². The molecule has 1 aromatic carbocycles. The van der Waals surface area contributed by atoms with Crippen LogP contribution in [0.1, 0.15) is 23.7 Å². The number of pyridine rings is 1. The number of hydrogen-bond donors (Lipinski definition) is 1. The van der Waals surface area contributed by atoms with Crippen molar-refractivity contribution in [2.45, 2.75) is 33.0 Å². The van der Waals surface area contributed by atoms with Crippen molar-refractivity contribution in [2.24, 2.45) is 0 Å². The van der Waals surface area contributed by atoms with E-state index in [-0.39, 0.29) is 5.56 Å². The Morgan fingerprint density at radius 3 is 2.90 bits per heavy atom. The summed E-state index contributed by atoms with van der Waals surface area (Å²) in [7, 11) is 1.70. The van der Waals surface area contributed by atoms with Crippen LogP contribution in [0.2, 0.25) is 0 Å². The molecule has 0 saturated heterocycles. The normalized spacial score (nSPS) is 14.0. The number of H-pyrrole nitrogens is 1. The van der Waals surface area contributed by atoms with Crippen LogP contribution in [0.15, 0.2) is 53.6 Å². The average molecular weight is 415 g/mol. The maximum absolute atomic E-state index is 12.7. The van der Waals surface area contributed by atoms with E-state index in [0.717, 1.165) is 36.6 Å². The van der Waals surface area contributed by atoms with Crippen molar-refractivity contribution >= 4 is 10.9 Å². The fraction of sp³-hybridized carbons (Fsp3) is 0.292. The van der Waals surface area contributed by atoms with Gasteiger partial charge in [0.1, 0.15) is 11.4 Å². The fourth-order valence-electron chi connectivity index (χ4n) is 4.36. The van der Waals surface area contributed by atoms with E-state index in [9.17, 15) is 4.79 Å². The number of ether oxygens (including phenoxy) is 1. The molecule has 0 radical (unpaired) electrons. The fourth-order valence-corrected chi connectivity index (χ4v) is 4.36. The van der Waals surface area contributed by atoms with E-state index in [2.05, 4.69) is 44.7 Å². The molecule has 0 bridgehead atoms. The standard InChI is InChI=1S/C24H25N5O2/c1-3-29-14-16(19-12-17(31-2)7-8-22(19)29)13-28-11-9-18-21(15-28)26-23(27-24(18)30)20-6-4-5-10-25-20/h4-8,10,12,14H,3,9,11,13,15H2,1-2H3,(H,26,27,30). The van der Waals surface area contributed by atoms with Crippen molar-refractivity contribution in [3.8, 4) is 17.3 Å². The molecule has 4 heterocycles. The number of hydrogen-bond acceptors (Lipinski definition) is 5. The van der Waals surface area contributed by atoms with Gasteiger partial charge in [0.15, 0.2) is 5.82 Å². The highest BCUT2D eigenvalue weighted by Gasteiger charge is 2.23. The number of methoxy groups -OCH3 is 1. The summed E-state index contributed by atoms with van der Waals surface area (Å²) >= 11 is 0. The third-order valence-corrected chi connectivity index (χ3v) is 5.97. The minimum Gasteiger partial charge on any atom is -0.497 e. The van der Waals surface area contributed by atoms with Gasteiger partial charge < -0.3 is 14.3 Å². The van der Waals surface area contributed by atoms with Crippen LogP contribution in [0.25, 0.3) is 22.4 Å². The molecular weight excluding hydrogens is 390 g/mol. The van der Waals surface area contributed by atoms with E-state index in [4.69, 9.17) is 9.72 Å². The van der Waals surface area contributed by atoms with Gasteiger partial charge in [-0.3, -0.25) is 14.7 Å². The molecule has 0 unspecified atom stereocenters. The van der Waals surface area contributed by atoms with Crippen LogP contribution in [0, 0.1) is 0 Å². The third kappa shape index (κ3) is 3.61. The largest absolute Gasteiger partial charge is 0.497 e. The molecule has 0 spiro atoms. The summed E-state index contributed by atoms with van der Waals surface area (Å²) in [5.41, 5.74) is 4.72. The van der Waals surface area contributed by atoms with E-state index < -0.39 is 0 Å². The van der Waals surface area contributed by atoms with Crippen LogP contribution < -0.4 is 10.3 Å². The molecule has 1 aliphatic rings. The SMILES string of the molecule is CCn1cc(CN2CCc3c(nc(-c4ccccn4)[nH]c3=O)C2)c2cc(OC)ccc21. The summed E-state index contributed by atoms with van der Waals surface area (Å²) < 4.78 is 7.72. The van der Waals surface area contributed by atoms with E-state index in [0.29, 0.717) is 24.5 Å². The van der Waals surface area contributed by atoms with Crippen LogP contribution in [-0.4, -0.2) is 38.1 Å². The van der Waals surface area contributed by atoms with Gasteiger partial charge in [0, 0.05) is 55.0 Å². The van der Waals surface area contributed by atoms with Gasteiger partial charge in [-0.1, -0.05) is 6.07 Å². The smallest absolute Gasteiger partial charge is 0.254 e. The number of fused-ring (bicyclic) bond motifs is 2. The zero-order valence-electron chi connectivity index (χ0n) is 17.8. The van der Waals surface area contributed by atoms with Crippen LogP contribution in [0.5, 0.6) is 5.75 Å². The molecule has 0 saturated carbocycles. The van der Waals surface area contributed by atoms with E-state index in [1.165, 1.54) is 16.5 Å². The molecule has 7 heteroatoms. The number of rotatable bonds is 5. The van der Waals surface area contributed by atoms with Gasteiger partial charge in [-0.25, -0.2) is 4.98 Å². The van der Waals surface area contributed by atoms with Crippen LogP contribution in [0.4, 0.5) is 0 Å². The van der Waals surface area contributed by atoms with Gasteiger partial charge in [0.2, 0.25) is 0 Å². The minimum atomic E-state index is -0.0578. The number of nitrogens with one attached hydrogen (secondary N) is 1. The summed E-state index contributed by atoms with van der Waals surface area (Å²) in [6.45, 7) is 5.32. The van der Waals surface area contributed by atoms with Crippen LogP contribution >= 0.6 is 0 Å². The maximum Gasteiger partial charge on any atom is 0.254 e. The second-order valence-corrected chi connectivity index (χ2v) is 7.84. The highest BCUT2D eigenvalue weighted by molar-refractivity contribution is 5.85. The molecule has 0 fully saturated rings. The van der Waals surface area contributed by atoms with Crippen molar-refractivity contribution in [1.82, 2.24) is 24.4 Å². The van der Waals surface area contributed by atoms with Gasteiger partial charge in [0.05, 0.1) is 12.8 Å². The first-order valence-corrected chi connectivity index (χ1v) is 10.6. The molecule has 158 valence electrons. The average Bonchev–Trinajstić information content (AvgIpc) is 3.16. The molecule has 5 rings (SSSR count). The molecule has 3 aromatic heterocycles. The quantitative estimate of drug-likeness (QED) is 0.541. The van der Waals surface area contributed by atoms with Crippen molar-refractivity contribution in [3.05, 3.63) is 76.0 Å². The monoisotopic (exact) mass is 415 g/mol. The molecule has 4 aromatic rings. The molecule has 0 amide bonds. The molecule has 0 aliphatic carbocycles. The van der Waals surface area contributed by atoms with Gasteiger partial charge in [-0.05, 0) is 49.2 Å². The lowest BCUT2D eigenvalue weighted by molar-refractivity contribution is 0.241. The Bertz CT molecular complexity index is 1290. The molecule has 1 aliphatic heterocycles. The second-order valence-electron chi connectivity index (χ2n) is 7.84. The van der Waals surface area contributed by atoms with Gasteiger partial charge in [0.25, 0.3) is 5.56 Å². The van der Waals surface area contributed by atoms with Gasteiger partial charge in [-0.15, -0.1) is 0 Å². The highest BCUT2D eigenvalue weighted by atomic mass is 16.5. The first-order valence-electron chi connectivity index (χ1n) is 10.6. The maximum atomic E-state index is 12.7. The van der Waals surface area contributed by atoms with E-state index >= 15 is 0 Å². The summed E-state index contributed by atoms with van der Waals surface area (Å²) in [4.78, 5) is 27.0. The predicted octanol–water partition coefficient (Wildman–Crippen LogP) is 3.37. The molecule has 0 atom stereocenters. The first kappa shape index (κ1) is 19.5. The third-order valence-electron chi connectivity index (χ3n) is 5.97. The number of aryl methyl sites for hydroxylation is 1. The van der Waals surface area contributed by atoms with E-state index in [1.807, 2.05) is 24.3 Å². The van der Waals surface area contributed by atoms with Gasteiger partial charge >= 0.3 is 0 Å². The Balaban J connectivity index is 1.46. The second kappa shape index (κ2) is 8.00. The lowest BCUT2D eigenvalue weighted by Gasteiger charge is -2.27. The number of aromatic nitrogens is 4. The van der Waals surface area contributed by atoms with Gasteiger partial charge in [-0.2, -0.15) is 0 Å². The topological polar surface area (TPSA) is 76.0 Å². The van der Waals surface area contributed by atoms with Crippen molar-refractivity contribution in [1.29, 1.82) is 0 Å². The van der Waals surface area contributed by atoms with Crippen molar-refractivity contribution in [2.75, 3.05) is 13.7 Å². The van der Waals surface area contributed by atoms with Crippen LogP contribution in [-0.2, 0) is 26.1 Å². The van der Waals surface area contributed by atoms with Crippen molar-refractivity contribution < 1.29 is 4.74 Å². The molecule has 1 N–H and O–H groups in total. The Labute approximate surface area is 180 Å². The molecule has 31 heavy (non-hydrogen) atoms. The lowest BCUT2D eigenvalue weighted by atomic mass is 10.0. The summed E-state index contributed by atoms with van der Waals surface area (Å²) in [6, 6.07) is 11.8. The van der Waals surface area contributed by atoms with Crippen LogP contribution in [0.3, 0.4) is 0 Å². The summed E-state index contributed by atoms with van der Waals surface area (Å²) in [5, 5.41) is 1.21. The zero-order valence-corrected chi connectivity index (χ0v) is 17.8. The predicted molar refractivity (Wildman–Crippen MR) is 120 cm³/mol. The molecule has 7 nitrogen and oxygen atoms in total. The minimum absolute atomic E-state index is 0.0578. The zero-order chi connectivity index (χ0) is 21.4. The Kier molecular flexibility index (Phi) is 5.03. The number of nitrogens with zero attached hydrogens (tertiary/aromatic N) is 4. The summed E-state index contributed by atoms with van der Waals surface area (Å²) in [6.07, 6.45) is 4.62. The Morgan fingerprint density at radius 1 is 1.23 bits per heavy atom. The summed E-state index contributed by atoms with van der Waals surface area (Å²) in [5.74, 6) is 1.39. The lowest BCUT2D eigenvalue weighted by Crippen LogP contribution is -2.35. The Morgan fingerprint density at radius 2 is 2.13 bits per heavy atom. The molecular formula is C24H25N5O2.